The monoisotopic (exact) mass is 212 g/mol. The van der Waals surface area contributed by atoms with Crippen molar-refractivity contribution in [1.82, 2.24) is 0 Å². The second-order valence-corrected chi connectivity index (χ2v) is 6.13. The molecule has 2 aromatic heterocycles. The molecule has 0 saturated heterocycles. The molecule has 2 rings (SSSR count). The lowest BCUT2D eigenvalue weighted by Gasteiger charge is -2.17. The first kappa shape index (κ1) is 7.02. The lowest BCUT2D eigenvalue weighted by atomic mass is 9.92. The zero-order valence-electron chi connectivity index (χ0n) is 10.3. The Bertz CT molecular complexity index is 515. The van der Waals surface area contributed by atoms with Crippen LogP contribution in [0.5, 0.6) is 0 Å². The van der Waals surface area contributed by atoms with E-state index in [-0.39, 0.29) is 5.41 Å². The zero-order valence-corrected chi connectivity index (χ0v) is 9.95. The molecular weight excluding hydrogens is 196 g/mol. The summed E-state index contributed by atoms with van der Waals surface area (Å²) < 4.78 is 17.6. The molecule has 2 heterocycles. The molecule has 0 aliphatic heterocycles. The van der Waals surface area contributed by atoms with Crippen molar-refractivity contribution in [1.29, 1.82) is 0 Å². The molecule has 0 aromatic carbocycles. The first-order valence-electron chi connectivity index (χ1n) is 5.32. The van der Waals surface area contributed by atoms with Crippen LogP contribution in [0.15, 0.2) is 11.4 Å². The summed E-state index contributed by atoms with van der Waals surface area (Å²) in [7, 11) is 0. The van der Waals surface area contributed by atoms with Crippen LogP contribution >= 0.6 is 22.7 Å². The molecule has 70 valence electrons. The van der Waals surface area contributed by atoms with Crippen molar-refractivity contribution < 1.29 is 2.74 Å². The van der Waals surface area contributed by atoms with Gasteiger partial charge in [0, 0.05) is 14.3 Å². The quantitative estimate of drug-likeness (QED) is 0.600. The van der Waals surface area contributed by atoms with E-state index in [1.807, 2.05) is 0 Å². The van der Waals surface area contributed by atoms with Crippen molar-refractivity contribution in [3.05, 3.63) is 21.8 Å². The molecule has 0 saturated carbocycles. The molecular formula is C11H14S2. The van der Waals surface area contributed by atoms with E-state index >= 15 is 0 Å². The van der Waals surface area contributed by atoms with Crippen molar-refractivity contribution in [2.45, 2.75) is 33.1 Å². The van der Waals surface area contributed by atoms with Crippen molar-refractivity contribution in [2.75, 3.05) is 0 Å². The fourth-order valence-electron chi connectivity index (χ4n) is 1.54. The Morgan fingerprint density at radius 2 is 2.08 bits per heavy atom. The summed E-state index contributed by atoms with van der Waals surface area (Å²) in [6.45, 7) is 8.69. The number of hydrogen-bond donors (Lipinski definition) is 0. The Labute approximate surface area is 90.0 Å². The van der Waals surface area contributed by atoms with Gasteiger partial charge in [0.05, 0.1) is 2.74 Å². The Morgan fingerprint density at radius 3 is 2.62 bits per heavy atom. The van der Waals surface area contributed by atoms with Crippen molar-refractivity contribution in [3.63, 3.8) is 0 Å². The molecule has 0 aliphatic rings. The summed E-state index contributed by atoms with van der Waals surface area (Å²) >= 11 is 3.11. The lowest BCUT2D eigenvalue weighted by molar-refractivity contribution is 0.601. The van der Waals surface area contributed by atoms with Gasteiger partial charge in [0.25, 0.3) is 0 Å². The standard InChI is InChI=1S/C11H14S2/c1-7-9-8(5-6-12-9)13-10(7)11(2,3)4/h5-6H,1-4H3/i5D,6D. The maximum absolute atomic E-state index is 7.82. The number of rotatable bonds is 0. The normalized spacial score (nSPS) is 14.8. The van der Waals surface area contributed by atoms with Crippen LogP contribution in [-0.4, -0.2) is 0 Å². The Morgan fingerprint density at radius 1 is 1.38 bits per heavy atom. The zero-order chi connectivity index (χ0) is 11.4. The lowest BCUT2D eigenvalue weighted by Crippen LogP contribution is -2.09. The molecule has 0 nitrogen and oxygen atoms in total. The van der Waals surface area contributed by atoms with E-state index in [0.29, 0.717) is 11.4 Å². The summed E-state index contributed by atoms with van der Waals surface area (Å²) in [6, 6.07) is 0.401. The first-order valence-corrected chi connectivity index (χ1v) is 5.95. The van der Waals surface area contributed by atoms with Gasteiger partial charge in [0.15, 0.2) is 0 Å². The fraction of sp³-hybridized carbons (Fsp3) is 0.455. The number of thiophene rings is 2. The highest BCUT2D eigenvalue weighted by molar-refractivity contribution is 7.27. The molecule has 13 heavy (non-hydrogen) atoms. The third kappa shape index (κ3) is 1.42. The van der Waals surface area contributed by atoms with Gasteiger partial charge in [-0.3, -0.25) is 0 Å². The van der Waals surface area contributed by atoms with E-state index in [2.05, 4.69) is 27.7 Å². The topological polar surface area (TPSA) is 0 Å². The van der Waals surface area contributed by atoms with Gasteiger partial charge in [-0.25, -0.2) is 0 Å². The van der Waals surface area contributed by atoms with Gasteiger partial charge in [0.2, 0.25) is 0 Å². The molecule has 2 aromatic rings. The van der Waals surface area contributed by atoms with Gasteiger partial charge in [0.1, 0.15) is 0 Å². The highest BCUT2D eigenvalue weighted by Crippen LogP contribution is 2.40. The molecule has 0 spiro atoms. The summed E-state index contributed by atoms with van der Waals surface area (Å²) in [5, 5.41) is 0.389. The third-order valence-electron chi connectivity index (χ3n) is 2.09. The molecule has 0 fully saturated rings. The van der Waals surface area contributed by atoms with Gasteiger partial charge in [-0.2, -0.15) is 0 Å². The van der Waals surface area contributed by atoms with Crippen molar-refractivity contribution in [3.8, 4) is 0 Å². The van der Waals surface area contributed by atoms with Gasteiger partial charge < -0.3 is 0 Å². The van der Waals surface area contributed by atoms with Crippen LogP contribution in [0.2, 0.25) is 0 Å². The largest absolute Gasteiger partial charge is 0.143 e. The summed E-state index contributed by atoms with van der Waals surface area (Å²) in [6.07, 6.45) is 0. The maximum Gasteiger partial charge on any atom is 0.0740 e. The van der Waals surface area contributed by atoms with Crippen LogP contribution in [0, 0.1) is 6.92 Å². The van der Waals surface area contributed by atoms with E-state index in [1.54, 1.807) is 11.3 Å². The highest BCUT2D eigenvalue weighted by Gasteiger charge is 2.20. The van der Waals surface area contributed by atoms with Crippen LogP contribution in [0.25, 0.3) is 9.40 Å². The molecule has 2 heteroatoms. The number of fused-ring (bicyclic) bond motifs is 1. The van der Waals surface area contributed by atoms with Gasteiger partial charge in [-0.05, 0) is 29.3 Å². The second kappa shape index (κ2) is 2.82. The minimum absolute atomic E-state index is 0.141. The van der Waals surface area contributed by atoms with Crippen molar-refractivity contribution >= 4 is 32.1 Å². The van der Waals surface area contributed by atoms with E-state index < -0.39 is 0 Å². The highest BCUT2D eigenvalue weighted by atomic mass is 32.1. The van der Waals surface area contributed by atoms with Gasteiger partial charge in [-0.1, -0.05) is 20.8 Å². The Hall–Kier alpha value is -0.340. The predicted molar refractivity (Wildman–Crippen MR) is 63.1 cm³/mol. The summed E-state index contributed by atoms with van der Waals surface area (Å²) in [4.78, 5) is 1.34. The minimum Gasteiger partial charge on any atom is -0.143 e. The van der Waals surface area contributed by atoms with Crippen LogP contribution in [0.4, 0.5) is 0 Å². The molecule has 0 unspecified atom stereocenters. The minimum atomic E-state index is 0.141. The smallest absolute Gasteiger partial charge is 0.0740 e. The van der Waals surface area contributed by atoms with Gasteiger partial charge >= 0.3 is 0 Å². The van der Waals surface area contributed by atoms with E-state index in [0.717, 1.165) is 9.40 Å². The Kier molecular flexibility index (Phi) is 1.52. The number of aryl methyl sites for hydroxylation is 1. The van der Waals surface area contributed by atoms with Crippen molar-refractivity contribution in [2.24, 2.45) is 0 Å². The first-order chi connectivity index (χ1) is 6.82. The molecule has 0 atom stereocenters. The van der Waals surface area contributed by atoms with Crippen LogP contribution < -0.4 is 0 Å². The van der Waals surface area contributed by atoms with E-state index in [1.165, 1.54) is 21.8 Å². The van der Waals surface area contributed by atoms with E-state index in [9.17, 15) is 0 Å². The summed E-state index contributed by atoms with van der Waals surface area (Å²) in [5.74, 6) is 0. The molecule has 0 bridgehead atoms. The molecule has 0 radical (unpaired) electrons. The van der Waals surface area contributed by atoms with E-state index in [4.69, 9.17) is 2.74 Å². The average molecular weight is 212 g/mol. The molecule has 0 N–H and O–H groups in total. The van der Waals surface area contributed by atoms with Crippen LogP contribution in [0.1, 0.15) is 34.0 Å². The summed E-state index contributed by atoms with van der Waals surface area (Å²) in [5.41, 5.74) is 1.40. The average Bonchev–Trinajstić information content (AvgIpc) is 2.54. The third-order valence-corrected chi connectivity index (χ3v) is 4.77. The maximum atomic E-state index is 7.82. The van der Waals surface area contributed by atoms with Gasteiger partial charge in [-0.15, -0.1) is 22.7 Å². The van der Waals surface area contributed by atoms with Crippen LogP contribution in [-0.2, 0) is 5.41 Å². The fourth-order valence-corrected chi connectivity index (χ4v) is 3.69. The predicted octanol–water partition coefficient (Wildman–Crippen LogP) is 4.57. The second-order valence-electron chi connectivity index (χ2n) is 4.29. The molecule has 0 amide bonds. The SMILES string of the molecule is [2H]c1sc2c(C)c(C(C)(C)C)sc2c1[2H]. The molecule has 0 aliphatic carbocycles. The number of hydrogen-bond acceptors (Lipinski definition) is 2. The van der Waals surface area contributed by atoms with Crippen LogP contribution in [0.3, 0.4) is 0 Å². The Balaban J connectivity index is 2.77.